The number of rotatable bonds is 13. The van der Waals surface area contributed by atoms with Gasteiger partial charge in [-0.05, 0) is 50.1 Å². The van der Waals surface area contributed by atoms with Crippen molar-refractivity contribution in [1.29, 1.82) is 0 Å². The summed E-state index contributed by atoms with van der Waals surface area (Å²) in [5.41, 5.74) is 2.40. The molecule has 0 saturated carbocycles. The summed E-state index contributed by atoms with van der Waals surface area (Å²) in [5.74, 6) is 0.406. The van der Waals surface area contributed by atoms with Crippen molar-refractivity contribution in [2.75, 3.05) is 56.9 Å². The van der Waals surface area contributed by atoms with Gasteiger partial charge in [-0.25, -0.2) is 14.5 Å². The third kappa shape index (κ3) is 7.81. The van der Waals surface area contributed by atoms with E-state index in [1.807, 2.05) is 6.92 Å². The molecule has 4 atom stereocenters. The second kappa shape index (κ2) is 16.4. The van der Waals surface area contributed by atoms with Gasteiger partial charge in [0.25, 0.3) is 11.8 Å². The van der Waals surface area contributed by atoms with Crippen LogP contribution in [0.2, 0.25) is 5.82 Å². The minimum atomic E-state index is -1.40. The van der Waals surface area contributed by atoms with Gasteiger partial charge in [0, 0.05) is 25.2 Å². The maximum absolute atomic E-state index is 13.8. The Morgan fingerprint density at radius 1 is 0.873 bits per heavy atom. The zero-order chi connectivity index (χ0) is 39.6. The number of carbonyl (C=O) groups is 4. The molecule has 2 unspecified atom stereocenters. The van der Waals surface area contributed by atoms with E-state index in [9.17, 15) is 29.4 Å². The van der Waals surface area contributed by atoms with Crippen molar-refractivity contribution < 1.29 is 53.0 Å². The molecule has 292 valence electrons. The maximum atomic E-state index is 13.8. The number of aliphatic hydroxyl groups is 1. The molecule has 0 bridgehead atoms. The van der Waals surface area contributed by atoms with Crippen molar-refractivity contribution in [3.05, 3.63) is 72.4 Å². The number of anilines is 2. The van der Waals surface area contributed by atoms with Crippen LogP contribution < -0.4 is 28.7 Å². The second-order valence-corrected chi connectivity index (χ2v) is 14.3. The standard InChI is InChI=1S/C39H47BN4O11/c1-7-24(4)40-55-39(50)44-29-18-34(32(52-6)16-27(29)36(46)42-20-23(3)14-30(42)37(44)47)54-12-10-8-9-11-53-33-17-28-26(15-31(33)51-5)35(45)41-19-22(2)13-25(41)21-43(28)38(48)49/h7,15-18,24-25,30,37,40,47H,1-3,8-14,19-21H2,4-6H3,(H,48,49)/t24?,25?,30-,37-/m1/s1. The number of hydrogen-bond acceptors (Lipinski definition) is 10. The van der Waals surface area contributed by atoms with E-state index in [1.165, 1.54) is 42.2 Å². The normalized spacial score (nSPS) is 20.8. The van der Waals surface area contributed by atoms with Crippen LogP contribution in [0.15, 0.2) is 61.2 Å². The first-order chi connectivity index (χ1) is 26.4. The Balaban J connectivity index is 1.11. The summed E-state index contributed by atoms with van der Waals surface area (Å²) < 4.78 is 28.9. The largest absolute Gasteiger partial charge is 0.523 e. The van der Waals surface area contributed by atoms with E-state index in [0.717, 1.165) is 16.0 Å². The molecule has 55 heavy (non-hydrogen) atoms. The Bertz CT molecular complexity index is 1900. The molecule has 6 rings (SSSR count). The smallest absolute Gasteiger partial charge is 0.411 e. The number of ether oxygens (including phenoxy) is 4. The number of unbranched alkanes of at least 4 members (excludes halogenated alkanes) is 2. The molecule has 4 aliphatic rings. The zero-order valence-corrected chi connectivity index (χ0v) is 31.5. The van der Waals surface area contributed by atoms with Crippen LogP contribution in [-0.4, -0.2) is 117 Å². The number of amides is 4. The Morgan fingerprint density at radius 3 is 2.04 bits per heavy atom. The topological polar surface area (TPSA) is 168 Å². The number of hydrogen-bond donors (Lipinski definition) is 2. The highest BCUT2D eigenvalue weighted by Gasteiger charge is 2.46. The summed E-state index contributed by atoms with van der Waals surface area (Å²) >= 11 is 0. The average molecular weight is 759 g/mol. The van der Waals surface area contributed by atoms with Crippen molar-refractivity contribution in [2.45, 2.75) is 63.2 Å². The van der Waals surface area contributed by atoms with Crippen LogP contribution >= 0.6 is 0 Å². The first-order valence-electron chi connectivity index (χ1n) is 18.3. The molecule has 15 nitrogen and oxygen atoms in total. The molecule has 0 aromatic heterocycles. The predicted molar refractivity (Wildman–Crippen MR) is 205 cm³/mol. The van der Waals surface area contributed by atoms with E-state index in [-0.39, 0.29) is 91.5 Å². The van der Waals surface area contributed by atoms with Crippen molar-refractivity contribution in [3.8, 4) is 23.0 Å². The van der Waals surface area contributed by atoms with E-state index in [1.54, 1.807) is 17.0 Å². The Labute approximate surface area is 320 Å². The highest BCUT2D eigenvalue weighted by Crippen LogP contribution is 2.43. The Kier molecular flexibility index (Phi) is 11.6. The molecule has 2 aromatic carbocycles. The monoisotopic (exact) mass is 758 g/mol. The molecule has 0 radical (unpaired) electrons. The minimum absolute atomic E-state index is 0.0365. The van der Waals surface area contributed by atoms with Crippen molar-refractivity contribution >= 4 is 42.9 Å². The van der Waals surface area contributed by atoms with Crippen LogP contribution in [-0.2, 0) is 4.65 Å². The SMILES string of the molecule is C=CC(C)BOC(=O)N1c2cc(OCCCCCOc3cc4c(cc3OC)C(=O)N3CC(=C)CC3CN4C(=O)O)c(OC)cc2C(=O)N2CC(=C)C[C@@H]2[C@H]1O. The number of aliphatic hydroxyl groups excluding tert-OH is 1. The van der Waals surface area contributed by atoms with Gasteiger partial charge in [0.15, 0.2) is 29.2 Å². The van der Waals surface area contributed by atoms with Gasteiger partial charge in [-0.2, -0.15) is 0 Å². The lowest BCUT2D eigenvalue weighted by Gasteiger charge is -2.32. The molecule has 16 heteroatoms. The first kappa shape index (κ1) is 39.1. The molecule has 4 aliphatic heterocycles. The maximum Gasteiger partial charge on any atom is 0.411 e. The number of carbonyl (C=O) groups excluding carboxylic acids is 3. The summed E-state index contributed by atoms with van der Waals surface area (Å²) in [6, 6.07) is 5.10. The van der Waals surface area contributed by atoms with Crippen molar-refractivity contribution in [1.82, 2.24) is 9.80 Å². The number of carboxylic acid groups (broad SMARTS) is 1. The quantitative estimate of drug-likeness (QED) is 0.160. The fourth-order valence-electron chi connectivity index (χ4n) is 7.41. The summed E-state index contributed by atoms with van der Waals surface area (Å²) in [5, 5.41) is 21.6. The Hall–Kier alpha value is -5.64. The van der Waals surface area contributed by atoms with Crippen LogP contribution in [0.4, 0.5) is 21.0 Å². The fraction of sp³-hybridized carbons (Fsp3) is 0.436. The lowest BCUT2D eigenvalue weighted by atomic mass is 9.82. The van der Waals surface area contributed by atoms with Gasteiger partial charge < -0.3 is 43.6 Å². The molecular weight excluding hydrogens is 711 g/mol. The second-order valence-electron chi connectivity index (χ2n) is 14.3. The lowest BCUT2D eigenvalue weighted by molar-refractivity contribution is 0.0514. The van der Waals surface area contributed by atoms with Gasteiger partial charge in [-0.3, -0.25) is 14.5 Å². The highest BCUT2D eigenvalue weighted by atomic mass is 16.5. The van der Waals surface area contributed by atoms with Crippen LogP contribution in [0, 0.1) is 0 Å². The fourth-order valence-corrected chi connectivity index (χ4v) is 7.41. The predicted octanol–water partition coefficient (Wildman–Crippen LogP) is 4.99. The number of benzene rings is 2. The van der Waals surface area contributed by atoms with Gasteiger partial charge in [0.2, 0.25) is 0 Å². The van der Waals surface area contributed by atoms with E-state index in [0.29, 0.717) is 50.1 Å². The summed E-state index contributed by atoms with van der Waals surface area (Å²) in [6.07, 6.45) is 1.01. The third-order valence-electron chi connectivity index (χ3n) is 10.4. The number of fused-ring (bicyclic) bond motifs is 4. The highest BCUT2D eigenvalue weighted by molar-refractivity contribution is 6.34. The third-order valence-corrected chi connectivity index (χ3v) is 10.4. The summed E-state index contributed by atoms with van der Waals surface area (Å²) in [7, 11) is 2.95. The molecule has 2 aromatic rings. The molecule has 2 fully saturated rings. The van der Waals surface area contributed by atoms with Crippen molar-refractivity contribution in [2.24, 2.45) is 0 Å². The van der Waals surface area contributed by atoms with E-state index < -0.39 is 24.5 Å². The molecular formula is C39H47BN4O11. The molecule has 0 aliphatic carbocycles. The van der Waals surface area contributed by atoms with E-state index in [2.05, 4.69) is 19.7 Å². The Morgan fingerprint density at radius 2 is 1.44 bits per heavy atom. The van der Waals surface area contributed by atoms with Crippen LogP contribution in [0.1, 0.15) is 59.7 Å². The van der Waals surface area contributed by atoms with Gasteiger partial charge in [0.05, 0.1) is 68.6 Å². The lowest BCUT2D eigenvalue weighted by Crippen LogP contribution is -2.51. The van der Waals surface area contributed by atoms with Crippen LogP contribution in [0.5, 0.6) is 23.0 Å². The van der Waals surface area contributed by atoms with E-state index >= 15 is 0 Å². The van der Waals surface area contributed by atoms with Gasteiger partial charge >= 0.3 is 19.7 Å². The molecule has 2 saturated heterocycles. The van der Waals surface area contributed by atoms with Crippen LogP contribution in [0.25, 0.3) is 0 Å². The number of nitrogens with zero attached hydrogens (tertiary/aromatic N) is 4. The molecule has 2 N–H and O–H groups in total. The van der Waals surface area contributed by atoms with Gasteiger partial charge in [0.1, 0.15) is 0 Å². The summed E-state index contributed by atoms with van der Waals surface area (Å²) in [6.45, 7) is 14.8. The minimum Gasteiger partial charge on any atom is -0.523 e. The molecule has 4 heterocycles. The van der Waals surface area contributed by atoms with Crippen molar-refractivity contribution in [3.63, 3.8) is 0 Å². The zero-order valence-electron chi connectivity index (χ0n) is 31.5. The summed E-state index contributed by atoms with van der Waals surface area (Å²) in [4.78, 5) is 58.5. The number of methoxy groups -OCH3 is 2. The molecule has 4 amide bonds. The first-order valence-corrected chi connectivity index (χ1v) is 18.3. The van der Waals surface area contributed by atoms with Crippen LogP contribution in [0.3, 0.4) is 0 Å². The number of allylic oxidation sites excluding steroid dienone is 1. The van der Waals surface area contributed by atoms with E-state index in [4.69, 9.17) is 23.6 Å². The molecule has 0 spiro atoms. The van der Waals surface area contributed by atoms with Gasteiger partial charge in [-0.1, -0.05) is 37.3 Å². The van der Waals surface area contributed by atoms with Gasteiger partial charge in [-0.15, -0.1) is 6.58 Å². The average Bonchev–Trinajstić information content (AvgIpc) is 3.71.